The van der Waals surface area contributed by atoms with Crippen LogP contribution in [0.25, 0.3) is 11.1 Å². The first-order chi connectivity index (χ1) is 12.3. The summed E-state index contributed by atoms with van der Waals surface area (Å²) in [4.78, 5) is 6.34. The number of aryl methyl sites for hydroxylation is 1. The molecule has 0 atom stereocenters. The average Bonchev–Trinajstić information content (AvgIpc) is 3.04. The molecule has 6 heteroatoms. The molecule has 3 rings (SSSR count). The summed E-state index contributed by atoms with van der Waals surface area (Å²) in [6, 6.07) is 13.0. The summed E-state index contributed by atoms with van der Waals surface area (Å²) in [6.07, 6.45) is -0.566. The molecule has 2 aromatic carbocycles. The molecular formula is C20H20F3N3. The smallest absolute Gasteiger partial charge is 0.373 e. The Labute approximate surface area is 150 Å². The van der Waals surface area contributed by atoms with Crippen LogP contribution in [0.5, 0.6) is 0 Å². The van der Waals surface area contributed by atoms with E-state index >= 15 is 0 Å². The molecule has 1 aromatic heterocycles. The maximum Gasteiger partial charge on any atom is 0.416 e. The summed E-state index contributed by atoms with van der Waals surface area (Å²) in [6.45, 7) is 3.64. The Morgan fingerprint density at radius 1 is 0.962 bits per heavy atom. The molecular weight excluding hydrogens is 339 g/mol. The van der Waals surface area contributed by atoms with Crippen LogP contribution in [0, 0.1) is 6.92 Å². The molecule has 1 heterocycles. The van der Waals surface area contributed by atoms with Crippen LogP contribution < -0.4 is 4.90 Å². The fourth-order valence-electron chi connectivity index (χ4n) is 2.79. The highest BCUT2D eigenvalue weighted by Gasteiger charge is 2.29. The standard InChI is InChI=1S/C20H20F3N3/c1-15-24-11-12-26(15)14-13-25(2)19-9-5-17(6-10-19)16-3-7-18(8-4-16)20(21,22)23/h3-12H,13-14H2,1-2H3. The maximum atomic E-state index is 12.7. The van der Waals surface area contributed by atoms with Gasteiger partial charge in [0, 0.05) is 38.2 Å². The van der Waals surface area contributed by atoms with Crippen LogP contribution in [-0.2, 0) is 12.7 Å². The van der Waals surface area contributed by atoms with E-state index in [0.29, 0.717) is 0 Å². The number of halogens is 3. The molecule has 136 valence electrons. The molecule has 0 saturated heterocycles. The summed E-state index contributed by atoms with van der Waals surface area (Å²) in [5.41, 5.74) is 2.08. The van der Waals surface area contributed by atoms with E-state index in [0.717, 1.165) is 47.9 Å². The zero-order valence-corrected chi connectivity index (χ0v) is 14.7. The Balaban J connectivity index is 1.67. The second kappa shape index (κ2) is 7.23. The first-order valence-electron chi connectivity index (χ1n) is 8.31. The number of likely N-dealkylation sites (N-methyl/N-ethyl adjacent to an activating group) is 1. The fraction of sp³-hybridized carbons (Fsp3) is 0.250. The quantitative estimate of drug-likeness (QED) is 0.638. The predicted molar refractivity (Wildman–Crippen MR) is 97.1 cm³/mol. The van der Waals surface area contributed by atoms with Crippen molar-refractivity contribution in [2.75, 3.05) is 18.5 Å². The normalized spacial score (nSPS) is 11.6. The van der Waals surface area contributed by atoms with Gasteiger partial charge in [0.2, 0.25) is 0 Å². The van der Waals surface area contributed by atoms with Crippen LogP contribution in [0.4, 0.5) is 18.9 Å². The lowest BCUT2D eigenvalue weighted by atomic mass is 10.0. The van der Waals surface area contributed by atoms with Crippen molar-refractivity contribution in [1.29, 1.82) is 0 Å². The van der Waals surface area contributed by atoms with Gasteiger partial charge in [0.25, 0.3) is 0 Å². The number of nitrogens with zero attached hydrogens (tertiary/aromatic N) is 3. The summed E-state index contributed by atoms with van der Waals surface area (Å²) >= 11 is 0. The van der Waals surface area contributed by atoms with E-state index in [1.54, 1.807) is 6.20 Å². The molecule has 0 radical (unpaired) electrons. The molecule has 3 nitrogen and oxygen atoms in total. The van der Waals surface area contributed by atoms with Gasteiger partial charge in [-0.3, -0.25) is 0 Å². The summed E-state index contributed by atoms with van der Waals surface area (Å²) in [7, 11) is 2.01. The number of hydrogen-bond donors (Lipinski definition) is 0. The van der Waals surface area contributed by atoms with E-state index in [1.807, 2.05) is 44.4 Å². The van der Waals surface area contributed by atoms with Crippen LogP contribution in [0.15, 0.2) is 60.9 Å². The van der Waals surface area contributed by atoms with E-state index in [2.05, 4.69) is 14.5 Å². The number of anilines is 1. The van der Waals surface area contributed by atoms with Crippen molar-refractivity contribution >= 4 is 5.69 Å². The van der Waals surface area contributed by atoms with Gasteiger partial charge < -0.3 is 9.47 Å². The first kappa shape index (κ1) is 18.0. The van der Waals surface area contributed by atoms with Gasteiger partial charge in [0.05, 0.1) is 5.56 Å². The summed E-state index contributed by atoms with van der Waals surface area (Å²) < 4.78 is 40.0. The lowest BCUT2D eigenvalue weighted by molar-refractivity contribution is -0.137. The molecule has 0 aliphatic rings. The Hall–Kier alpha value is -2.76. The van der Waals surface area contributed by atoms with Gasteiger partial charge in [-0.15, -0.1) is 0 Å². The minimum absolute atomic E-state index is 0.632. The van der Waals surface area contributed by atoms with Gasteiger partial charge >= 0.3 is 6.18 Å². The Kier molecular flexibility index (Phi) is 5.02. The first-order valence-corrected chi connectivity index (χ1v) is 8.31. The largest absolute Gasteiger partial charge is 0.416 e. The second-order valence-electron chi connectivity index (χ2n) is 6.21. The predicted octanol–water partition coefficient (Wildman–Crippen LogP) is 5.01. The lowest BCUT2D eigenvalue weighted by Gasteiger charge is -2.20. The molecule has 0 spiro atoms. The van der Waals surface area contributed by atoms with Crippen molar-refractivity contribution in [3.63, 3.8) is 0 Å². The van der Waals surface area contributed by atoms with Crippen molar-refractivity contribution in [3.05, 3.63) is 72.3 Å². The second-order valence-corrected chi connectivity index (χ2v) is 6.21. The molecule has 0 unspecified atom stereocenters. The molecule has 0 aliphatic carbocycles. The topological polar surface area (TPSA) is 21.1 Å². The van der Waals surface area contributed by atoms with E-state index < -0.39 is 11.7 Å². The number of aromatic nitrogens is 2. The van der Waals surface area contributed by atoms with Gasteiger partial charge in [-0.1, -0.05) is 24.3 Å². The summed E-state index contributed by atoms with van der Waals surface area (Å²) in [5, 5.41) is 0. The molecule has 0 bridgehead atoms. The molecule has 0 saturated carbocycles. The third kappa shape index (κ3) is 4.07. The molecule has 26 heavy (non-hydrogen) atoms. The number of alkyl halides is 3. The SMILES string of the molecule is Cc1nccn1CCN(C)c1ccc(-c2ccc(C(F)(F)F)cc2)cc1. The Morgan fingerprint density at radius 2 is 1.54 bits per heavy atom. The number of hydrogen-bond acceptors (Lipinski definition) is 2. The van der Waals surface area contributed by atoms with Crippen LogP contribution in [0.1, 0.15) is 11.4 Å². The highest BCUT2D eigenvalue weighted by molar-refractivity contribution is 5.66. The van der Waals surface area contributed by atoms with E-state index in [-0.39, 0.29) is 0 Å². The highest BCUT2D eigenvalue weighted by Crippen LogP contribution is 2.31. The average molecular weight is 359 g/mol. The van der Waals surface area contributed by atoms with Crippen LogP contribution in [-0.4, -0.2) is 23.1 Å². The van der Waals surface area contributed by atoms with Crippen molar-refractivity contribution in [2.24, 2.45) is 0 Å². The lowest BCUT2D eigenvalue weighted by Crippen LogP contribution is -2.22. The number of benzene rings is 2. The van der Waals surface area contributed by atoms with E-state index in [4.69, 9.17) is 0 Å². The third-order valence-electron chi connectivity index (χ3n) is 4.45. The zero-order chi connectivity index (χ0) is 18.7. The van der Waals surface area contributed by atoms with Gasteiger partial charge in [0.1, 0.15) is 5.82 Å². The van der Waals surface area contributed by atoms with Crippen molar-refractivity contribution in [2.45, 2.75) is 19.6 Å². The van der Waals surface area contributed by atoms with Gasteiger partial charge in [-0.25, -0.2) is 4.98 Å². The maximum absolute atomic E-state index is 12.7. The van der Waals surface area contributed by atoms with Crippen LogP contribution in [0.2, 0.25) is 0 Å². The molecule has 0 N–H and O–H groups in total. The van der Waals surface area contributed by atoms with E-state index in [1.165, 1.54) is 12.1 Å². The number of rotatable bonds is 5. The van der Waals surface area contributed by atoms with Crippen LogP contribution in [0.3, 0.4) is 0 Å². The Morgan fingerprint density at radius 3 is 2.04 bits per heavy atom. The highest BCUT2D eigenvalue weighted by atomic mass is 19.4. The van der Waals surface area contributed by atoms with Gasteiger partial charge in [-0.05, 0) is 42.3 Å². The minimum atomic E-state index is -4.31. The molecule has 0 amide bonds. The minimum Gasteiger partial charge on any atom is -0.373 e. The fourth-order valence-corrected chi connectivity index (χ4v) is 2.79. The Bertz CT molecular complexity index is 849. The van der Waals surface area contributed by atoms with E-state index in [9.17, 15) is 13.2 Å². The van der Waals surface area contributed by atoms with Gasteiger partial charge in [-0.2, -0.15) is 13.2 Å². The van der Waals surface area contributed by atoms with Crippen molar-refractivity contribution < 1.29 is 13.2 Å². The van der Waals surface area contributed by atoms with Crippen molar-refractivity contribution in [1.82, 2.24) is 9.55 Å². The summed E-state index contributed by atoms with van der Waals surface area (Å²) in [5.74, 6) is 0.982. The third-order valence-corrected chi connectivity index (χ3v) is 4.45. The monoisotopic (exact) mass is 359 g/mol. The number of imidazole rings is 1. The molecule has 0 aliphatic heterocycles. The molecule has 3 aromatic rings. The van der Waals surface area contributed by atoms with Gasteiger partial charge in [0.15, 0.2) is 0 Å². The van der Waals surface area contributed by atoms with Crippen LogP contribution >= 0.6 is 0 Å². The zero-order valence-electron chi connectivity index (χ0n) is 14.7. The molecule has 0 fully saturated rings. The van der Waals surface area contributed by atoms with Crippen molar-refractivity contribution in [3.8, 4) is 11.1 Å².